The first-order valence-electron chi connectivity index (χ1n) is 7.36. The predicted molar refractivity (Wildman–Crippen MR) is 81.0 cm³/mol. The molecule has 0 spiro atoms. The summed E-state index contributed by atoms with van der Waals surface area (Å²) in [5.41, 5.74) is 3.35. The molecule has 2 heterocycles. The molecule has 0 bridgehead atoms. The van der Waals surface area contributed by atoms with Gasteiger partial charge >= 0.3 is 0 Å². The smallest absolute Gasteiger partial charge is 0.192 e. The standard InChI is InChI=1S/C16H23N3O/c1-12-18-14-10-13(4-5-15(14)20-12)11-16(2,3)19-8-6-17-7-9-19/h4-5,10,17H,6-9,11H2,1-3H3. The van der Waals surface area contributed by atoms with E-state index < -0.39 is 0 Å². The Morgan fingerprint density at radius 3 is 2.80 bits per heavy atom. The van der Waals surface area contributed by atoms with E-state index >= 15 is 0 Å². The molecule has 108 valence electrons. The summed E-state index contributed by atoms with van der Waals surface area (Å²) in [7, 11) is 0. The zero-order chi connectivity index (χ0) is 14.2. The molecular formula is C16H23N3O. The van der Waals surface area contributed by atoms with Crippen molar-refractivity contribution in [3.05, 3.63) is 29.7 Å². The predicted octanol–water partition coefficient (Wildman–Crippen LogP) is 2.36. The van der Waals surface area contributed by atoms with Crippen LogP contribution in [0.25, 0.3) is 11.1 Å². The third kappa shape index (κ3) is 2.72. The third-order valence-corrected chi connectivity index (χ3v) is 4.17. The van der Waals surface area contributed by atoms with Crippen LogP contribution >= 0.6 is 0 Å². The third-order valence-electron chi connectivity index (χ3n) is 4.17. The molecule has 1 aliphatic heterocycles. The molecule has 0 aliphatic carbocycles. The number of fused-ring (bicyclic) bond motifs is 1. The second-order valence-corrected chi connectivity index (χ2v) is 6.26. The lowest BCUT2D eigenvalue weighted by Gasteiger charge is -2.41. The van der Waals surface area contributed by atoms with Gasteiger partial charge in [-0.05, 0) is 38.0 Å². The van der Waals surface area contributed by atoms with E-state index in [-0.39, 0.29) is 5.54 Å². The van der Waals surface area contributed by atoms with E-state index in [4.69, 9.17) is 4.42 Å². The van der Waals surface area contributed by atoms with Crippen LogP contribution in [0.4, 0.5) is 0 Å². The van der Waals surface area contributed by atoms with Crippen LogP contribution in [0.5, 0.6) is 0 Å². The summed E-state index contributed by atoms with van der Waals surface area (Å²) in [4.78, 5) is 7.00. The first kappa shape index (κ1) is 13.6. The molecule has 0 unspecified atom stereocenters. The number of nitrogens with zero attached hydrogens (tertiary/aromatic N) is 2. The number of nitrogens with one attached hydrogen (secondary N) is 1. The Morgan fingerprint density at radius 1 is 1.30 bits per heavy atom. The Morgan fingerprint density at radius 2 is 2.05 bits per heavy atom. The van der Waals surface area contributed by atoms with E-state index in [1.165, 1.54) is 5.56 Å². The zero-order valence-corrected chi connectivity index (χ0v) is 12.6. The maximum Gasteiger partial charge on any atom is 0.192 e. The van der Waals surface area contributed by atoms with E-state index in [1.54, 1.807) is 0 Å². The van der Waals surface area contributed by atoms with Crippen molar-refractivity contribution in [3.63, 3.8) is 0 Å². The highest BCUT2D eigenvalue weighted by Gasteiger charge is 2.28. The highest BCUT2D eigenvalue weighted by Crippen LogP contribution is 2.24. The fraction of sp³-hybridized carbons (Fsp3) is 0.562. The summed E-state index contributed by atoms with van der Waals surface area (Å²) in [5.74, 6) is 0.735. The van der Waals surface area contributed by atoms with E-state index in [0.29, 0.717) is 0 Å². The topological polar surface area (TPSA) is 41.3 Å². The SMILES string of the molecule is Cc1nc2cc(CC(C)(C)N3CCNCC3)ccc2o1. The molecule has 20 heavy (non-hydrogen) atoms. The van der Waals surface area contributed by atoms with Gasteiger partial charge in [-0.3, -0.25) is 4.90 Å². The number of piperazine rings is 1. The van der Waals surface area contributed by atoms with Gasteiger partial charge in [0, 0.05) is 38.6 Å². The van der Waals surface area contributed by atoms with Gasteiger partial charge in [-0.1, -0.05) is 6.07 Å². The quantitative estimate of drug-likeness (QED) is 0.932. The van der Waals surface area contributed by atoms with Crippen molar-refractivity contribution < 1.29 is 4.42 Å². The number of oxazole rings is 1. The number of benzene rings is 1. The Balaban J connectivity index is 1.80. The minimum Gasteiger partial charge on any atom is -0.441 e. The molecule has 0 saturated carbocycles. The highest BCUT2D eigenvalue weighted by molar-refractivity contribution is 5.73. The van der Waals surface area contributed by atoms with Gasteiger partial charge in [0.15, 0.2) is 11.5 Å². The van der Waals surface area contributed by atoms with Crippen molar-refractivity contribution in [1.82, 2.24) is 15.2 Å². The highest BCUT2D eigenvalue weighted by atomic mass is 16.3. The zero-order valence-electron chi connectivity index (χ0n) is 12.6. The Bertz CT molecular complexity index is 597. The number of aryl methyl sites for hydroxylation is 1. The van der Waals surface area contributed by atoms with Crippen LogP contribution in [-0.2, 0) is 6.42 Å². The minimum absolute atomic E-state index is 0.175. The van der Waals surface area contributed by atoms with Crippen LogP contribution in [-0.4, -0.2) is 41.6 Å². The van der Waals surface area contributed by atoms with Gasteiger partial charge in [0.1, 0.15) is 5.52 Å². The summed E-state index contributed by atoms with van der Waals surface area (Å²) in [6.07, 6.45) is 1.04. The molecule has 1 N–H and O–H groups in total. The van der Waals surface area contributed by atoms with Crippen LogP contribution in [0.3, 0.4) is 0 Å². The lowest BCUT2D eigenvalue weighted by Crippen LogP contribution is -2.54. The molecule has 2 aromatic rings. The molecule has 0 atom stereocenters. The van der Waals surface area contributed by atoms with E-state index in [0.717, 1.165) is 49.6 Å². The van der Waals surface area contributed by atoms with Gasteiger partial charge in [-0.2, -0.15) is 0 Å². The number of rotatable bonds is 3. The van der Waals surface area contributed by atoms with Gasteiger partial charge in [0.2, 0.25) is 0 Å². The summed E-state index contributed by atoms with van der Waals surface area (Å²) in [5, 5.41) is 3.41. The lowest BCUT2D eigenvalue weighted by molar-refractivity contribution is 0.104. The van der Waals surface area contributed by atoms with Gasteiger partial charge in [-0.25, -0.2) is 4.98 Å². The molecule has 0 radical (unpaired) electrons. The van der Waals surface area contributed by atoms with Crippen molar-refractivity contribution in [2.75, 3.05) is 26.2 Å². The Labute approximate surface area is 120 Å². The first-order valence-corrected chi connectivity index (χ1v) is 7.36. The summed E-state index contributed by atoms with van der Waals surface area (Å²) < 4.78 is 5.54. The van der Waals surface area contributed by atoms with Crippen LogP contribution in [0.1, 0.15) is 25.3 Å². The van der Waals surface area contributed by atoms with E-state index in [1.807, 2.05) is 13.0 Å². The van der Waals surface area contributed by atoms with Crippen LogP contribution in [0.2, 0.25) is 0 Å². The average molecular weight is 273 g/mol. The first-order chi connectivity index (χ1) is 9.54. The normalized spacial score (nSPS) is 17.8. The summed E-state index contributed by atoms with van der Waals surface area (Å²) in [6, 6.07) is 6.37. The number of hydrogen-bond acceptors (Lipinski definition) is 4. The molecule has 1 aliphatic rings. The molecular weight excluding hydrogens is 250 g/mol. The average Bonchev–Trinajstić information content (AvgIpc) is 2.79. The second kappa shape index (κ2) is 5.19. The Hall–Kier alpha value is -1.39. The number of aromatic nitrogens is 1. The molecule has 1 aromatic carbocycles. The fourth-order valence-corrected chi connectivity index (χ4v) is 3.08. The molecule has 4 nitrogen and oxygen atoms in total. The van der Waals surface area contributed by atoms with Crippen molar-refractivity contribution >= 4 is 11.1 Å². The molecule has 1 saturated heterocycles. The lowest BCUT2D eigenvalue weighted by atomic mass is 9.92. The van der Waals surface area contributed by atoms with Crippen molar-refractivity contribution in [2.24, 2.45) is 0 Å². The van der Waals surface area contributed by atoms with Gasteiger partial charge in [0.05, 0.1) is 0 Å². The summed E-state index contributed by atoms with van der Waals surface area (Å²) in [6.45, 7) is 11.0. The molecule has 4 heteroatoms. The van der Waals surface area contributed by atoms with Crippen LogP contribution in [0.15, 0.2) is 22.6 Å². The van der Waals surface area contributed by atoms with Crippen LogP contribution < -0.4 is 5.32 Å². The second-order valence-electron chi connectivity index (χ2n) is 6.26. The van der Waals surface area contributed by atoms with Crippen molar-refractivity contribution in [1.29, 1.82) is 0 Å². The Kier molecular flexibility index (Phi) is 3.52. The monoisotopic (exact) mass is 273 g/mol. The van der Waals surface area contributed by atoms with Crippen molar-refractivity contribution in [2.45, 2.75) is 32.7 Å². The van der Waals surface area contributed by atoms with Gasteiger partial charge in [0.25, 0.3) is 0 Å². The fourth-order valence-electron chi connectivity index (χ4n) is 3.08. The van der Waals surface area contributed by atoms with Gasteiger partial charge < -0.3 is 9.73 Å². The maximum atomic E-state index is 5.54. The maximum absolute atomic E-state index is 5.54. The number of hydrogen-bond donors (Lipinski definition) is 1. The van der Waals surface area contributed by atoms with Gasteiger partial charge in [-0.15, -0.1) is 0 Å². The van der Waals surface area contributed by atoms with Crippen molar-refractivity contribution in [3.8, 4) is 0 Å². The largest absolute Gasteiger partial charge is 0.441 e. The molecule has 3 rings (SSSR count). The minimum atomic E-state index is 0.175. The molecule has 1 aromatic heterocycles. The molecule has 0 amide bonds. The van der Waals surface area contributed by atoms with Crippen LogP contribution in [0, 0.1) is 6.92 Å². The van der Waals surface area contributed by atoms with E-state index in [9.17, 15) is 0 Å². The summed E-state index contributed by atoms with van der Waals surface area (Å²) >= 11 is 0. The molecule has 1 fully saturated rings. The van der Waals surface area contributed by atoms with E-state index in [2.05, 4.69) is 41.2 Å².